The normalized spacial score (nSPS) is 13.2. The Labute approximate surface area is 65.2 Å². The van der Waals surface area contributed by atoms with Crippen LogP contribution in [0.1, 0.15) is 11.5 Å². The van der Waals surface area contributed by atoms with Crippen LogP contribution in [0.2, 0.25) is 0 Å². The first-order valence-electron chi connectivity index (χ1n) is 3.51. The molecule has 0 atom stereocenters. The summed E-state index contributed by atoms with van der Waals surface area (Å²) in [5, 5.41) is 0. The summed E-state index contributed by atoms with van der Waals surface area (Å²) < 4.78 is 2.02. The van der Waals surface area contributed by atoms with Gasteiger partial charge in [-0.3, -0.25) is 0 Å². The molecule has 0 unspecified atom stereocenters. The molecule has 0 bridgehead atoms. The summed E-state index contributed by atoms with van der Waals surface area (Å²) in [5.74, 6) is 0.938. The van der Waals surface area contributed by atoms with Crippen molar-refractivity contribution in [3.63, 3.8) is 0 Å². The minimum Gasteiger partial charge on any atom is -0.304 e. The van der Waals surface area contributed by atoms with Crippen molar-refractivity contribution >= 4 is 12.3 Å². The molecular formula is C9H8N2. The molecule has 54 valence electrons. The zero-order valence-electron chi connectivity index (χ0n) is 6.28. The number of fused-ring (bicyclic) bond motifs is 1. The molecule has 1 aromatic rings. The van der Waals surface area contributed by atoms with Crippen LogP contribution in [-0.4, -0.2) is 9.55 Å². The molecule has 2 nitrogen and oxygen atoms in total. The molecule has 0 aromatic carbocycles. The Morgan fingerprint density at radius 1 is 1.55 bits per heavy atom. The van der Waals surface area contributed by atoms with E-state index in [0.29, 0.717) is 0 Å². The first-order chi connectivity index (χ1) is 5.38. The molecule has 0 fully saturated rings. The second-order valence-electron chi connectivity index (χ2n) is 2.45. The second-order valence-corrected chi connectivity index (χ2v) is 2.45. The smallest absolute Gasteiger partial charge is 0.144 e. The maximum atomic E-state index is 4.19. The first-order valence-corrected chi connectivity index (χ1v) is 3.51. The van der Waals surface area contributed by atoms with Crippen LogP contribution in [0.5, 0.6) is 0 Å². The molecule has 1 aromatic heterocycles. The third-order valence-electron chi connectivity index (χ3n) is 1.65. The van der Waals surface area contributed by atoms with Crippen molar-refractivity contribution in [2.45, 2.75) is 6.92 Å². The molecule has 1 aliphatic heterocycles. The van der Waals surface area contributed by atoms with Gasteiger partial charge in [0, 0.05) is 24.2 Å². The molecule has 2 heterocycles. The van der Waals surface area contributed by atoms with E-state index in [2.05, 4.69) is 10.7 Å². The highest BCUT2D eigenvalue weighted by atomic mass is 15.1. The van der Waals surface area contributed by atoms with Crippen LogP contribution in [0.15, 0.2) is 24.1 Å². The molecule has 2 rings (SSSR count). The minimum atomic E-state index is 0.938. The second kappa shape index (κ2) is 2.26. The number of hydrogen-bond acceptors (Lipinski definition) is 1. The lowest BCUT2D eigenvalue weighted by molar-refractivity contribution is 1.05. The van der Waals surface area contributed by atoms with E-state index in [4.69, 9.17) is 0 Å². The highest BCUT2D eigenvalue weighted by Gasteiger charge is 2.00. The van der Waals surface area contributed by atoms with Crippen LogP contribution in [0.4, 0.5) is 0 Å². The number of allylic oxidation sites excluding steroid dienone is 2. The fourth-order valence-corrected chi connectivity index (χ4v) is 1.07. The van der Waals surface area contributed by atoms with Crippen molar-refractivity contribution in [3.05, 3.63) is 35.6 Å². The Kier molecular flexibility index (Phi) is 1.27. The summed E-state index contributed by atoms with van der Waals surface area (Å²) in [6.45, 7) is 2.03. The Hall–Kier alpha value is -1.53. The van der Waals surface area contributed by atoms with Crippen molar-refractivity contribution < 1.29 is 0 Å². The van der Waals surface area contributed by atoms with Gasteiger partial charge in [0.1, 0.15) is 5.82 Å². The van der Waals surface area contributed by atoms with E-state index < -0.39 is 0 Å². The van der Waals surface area contributed by atoms with Gasteiger partial charge < -0.3 is 4.57 Å². The lowest BCUT2D eigenvalue weighted by Gasteiger charge is -1.96. The van der Waals surface area contributed by atoms with Crippen LogP contribution in [0, 0.1) is 6.92 Å². The topological polar surface area (TPSA) is 17.8 Å². The van der Waals surface area contributed by atoms with Gasteiger partial charge in [0.2, 0.25) is 0 Å². The quantitative estimate of drug-likeness (QED) is 0.508. The third-order valence-corrected chi connectivity index (χ3v) is 1.65. The summed E-state index contributed by atoms with van der Waals surface area (Å²) >= 11 is 0. The van der Waals surface area contributed by atoms with Crippen molar-refractivity contribution in [2.75, 3.05) is 0 Å². The molecule has 0 amide bonds. The van der Waals surface area contributed by atoms with Gasteiger partial charge in [-0.1, -0.05) is 0 Å². The molecule has 0 radical (unpaired) electrons. The van der Waals surface area contributed by atoms with Crippen LogP contribution in [0.25, 0.3) is 12.3 Å². The molecule has 0 aliphatic carbocycles. The van der Waals surface area contributed by atoms with E-state index in [1.54, 1.807) is 0 Å². The maximum Gasteiger partial charge on any atom is 0.144 e. The largest absolute Gasteiger partial charge is 0.304 e. The SMILES string of the molecule is Cc1cnc2n1C=CC=C=C2. The zero-order valence-corrected chi connectivity index (χ0v) is 6.28. The molecule has 0 N–H and O–H groups in total. The summed E-state index contributed by atoms with van der Waals surface area (Å²) in [4.78, 5) is 4.19. The predicted octanol–water partition coefficient (Wildman–Crippen LogP) is 1.84. The van der Waals surface area contributed by atoms with Gasteiger partial charge in [-0.25, -0.2) is 4.98 Å². The summed E-state index contributed by atoms with van der Waals surface area (Å²) in [7, 11) is 0. The highest BCUT2D eigenvalue weighted by Crippen LogP contribution is 2.07. The average molecular weight is 144 g/mol. The van der Waals surface area contributed by atoms with Gasteiger partial charge in [-0.15, -0.1) is 5.73 Å². The maximum absolute atomic E-state index is 4.19. The lowest BCUT2D eigenvalue weighted by atomic mass is 10.5. The van der Waals surface area contributed by atoms with Crippen LogP contribution in [-0.2, 0) is 0 Å². The molecule has 1 aliphatic rings. The van der Waals surface area contributed by atoms with Gasteiger partial charge >= 0.3 is 0 Å². The Morgan fingerprint density at radius 3 is 3.36 bits per heavy atom. The van der Waals surface area contributed by atoms with Crippen molar-refractivity contribution in [3.8, 4) is 0 Å². The molecule has 0 spiro atoms. The van der Waals surface area contributed by atoms with E-state index in [1.165, 1.54) is 0 Å². The predicted molar refractivity (Wildman–Crippen MR) is 44.8 cm³/mol. The Balaban J connectivity index is 2.69. The van der Waals surface area contributed by atoms with Crippen LogP contribution >= 0.6 is 0 Å². The zero-order chi connectivity index (χ0) is 7.68. The fourth-order valence-electron chi connectivity index (χ4n) is 1.07. The highest BCUT2D eigenvalue weighted by molar-refractivity contribution is 5.50. The number of rotatable bonds is 0. The average Bonchev–Trinajstić information content (AvgIpc) is 2.25. The van der Waals surface area contributed by atoms with Gasteiger partial charge in [-0.05, 0) is 19.1 Å². The van der Waals surface area contributed by atoms with E-state index in [-0.39, 0.29) is 0 Å². The summed E-state index contributed by atoms with van der Waals surface area (Å²) in [5.41, 5.74) is 4.14. The fraction of sp³-hybridized carbons (Fsp3) is 0.111. The number of imidazole rings is 1. The van der Waals surface area contributed by atoms with Crippen molar-refractivity contribution in [1.29, 1.82) is 0 Å². The number of aryl methyl sites for hydroxylation is 1. The van der Waals surface area contributed by atoms with E-state index in [9.17, 15) is 0 Å². The van der Waals surface area contributed by atoms with Gasteiger partial charge in [0.25, 0.3) is 0 Å². The monoisotopic (exact) mass is 144 g/mol. The number of hydrogen-bond donors (Lipinski definition) is 0. The van der Waals surface area contributed by atoms with Gasteiger partial charge in [0.05, 0.1) is 0 Å². The van der Waals surface area contributed by atoms with E-state index >= 15 is 0 Å². The first kappa shape index (κ1) is 6.20. The van der Waals surface area contributed by atoms with Gasteiger partial charge in [0.15, 0.2) is 0 Å². The Morgan fingerprint density at radius 2 is 2.45 bits per heavy atom. The third kappa shape index (κ3) is 0.935. The van der Waals surface area contributed by atoms with Crippen LogP contribution in [0.3, 0.4) is 0 Å². The Bertz CT molecular complexity index is 363. The molecular weight excluding hydrogens is 136 g/mol. The molecule has 0 saturated heterocycles. The van der Waals surface area contributed by atoms with E-state index in [1.807, 2.05) is 42.1 Å². The molecule has 2 heteroatoms. The summed E-state index contributed by atoms with van der Waals surface area (Å²) in [6.07, 6.45) is 9.51. The number of nitrogens with zero attached hydrogens (tertiary/aromatic N) is 2. The van der Waals surface area contributed by atoms with E-state index in [0.717, 1.165) is 11.5 Å². The molecule has 11 heavy (non-hydrogen) atoms. The van der Waals surface area contributed by atoms with Crippen molar-refractivity contribution in [1.82, 2.24) is 9.55 Å². The summed E-state index contributed by atoms with van der Waals surface area (Å²) in [6, 6.07) is 0. The lowest BCUT2D eigenvalue weighted by Crippen LogP contribution is -1.90. The van der Waals surface area contributed by atoms with Crippen molar-refractivity contribution in [2.24, 2.45) is 0 Å². The van der Waals surface area contributed by atoms with Gasteiger partial charge in [-0.2, -0.15) is 0 Å². The standard InChI is InChI=1S/C9H8N2/c1-8-7-10-9-5-3-2-4-6-11(8)9/h2,4-7H,1H3. The molecule has 0 saturated carbocycles. The number of aromatic nitrogens is 2. The van der Waals surface area contributed by atoms with Crippen LogP contribution < -0.4 is 0 Å². The minimum absolute atomic E-state index is 0.938.